The fraction of sp³-hybridized carbons (Fsp3) is 0.188. The Bertz CT molecular complexity index is 698. The van der Waals surface area contributed by atoms with Crippen LogP contribution in [0.25, 0.3) is 0 Å². The number of phenols is 1. The van der Waals surface area contributed by atoms with Crippen molar-refractivity contribution < 1.29 is 14.3 Å². The lowest BCUT2D eigenvalue weighted by Crippen LogP contribution is -2.40. The first-order valence-corrected chi connectivity index (χ1v) is 6.68. The Hall–Kier alpha value is -2.56. The molecule has 0 spiro atoms. The first-order chi connectivity index (χ1) is 10.0. The normalized spacial score (nSPS) is 16.9. The van der Waals surface area contributed by atoms with Crippen molar-refractivity contribution in [1.82, 2.24) is 0 Å². The molecule has 2 aromatic rings. The van der Waals surface area contributed by atoms with Crippen molar-refractivity contribution in [2.75, 3.05) is 10.6 Å². The van der Waals surface area contributed by atoms with Gasteiger partial charge in [-0.2, -0.15) is 0 Å². The number of fused-ring (bicyclic) bond motifs is 1. The highest BCUT2D eigenvalue weighted by Crippen LogP contribution is 2.30. The van der Waals surface area contributed by atoms with E-state index in [1.807, 2.05) is 0 Å². The second-order valence-electron chi connectivity index (χ2n) is 5.20. The van der Waals surface area contributed by atoms with Gasteiger partial charge in [0.25, 0.3) is 0 Å². The molecule has 3 rings (SSSR count). The number of phenolic OH excluding ortho intramolecular Hbond substituents is 1. The summed E-state index contributed by atoms with van der Waals surface area (Å²) in [5.41, 5.74) is 2.64. The third-order valence-corrected chi connectivity index (χ3v) is 3.58. The van der Waals surface area contributed by atoms with E-state index in [9.17, 15) is 14.3 Å². The summed E-state index contributed by atoms with van der Waals surface area (Å²) in [7, 11) is 0. The molecule has 1 amide bonds. The quantitative estimate of drug-likeness (QED) is 0.795. The second-order valence-corrected chi connectivity index (χ2v) is 5.20. The Morgan fingerprint density at radius 1 is 1.19 bits per heavy atom. The number of aromatic hydroxyl groups is 1. The fourth-order valence-corrected chi connectivity index (χ4v) is 2.39. The fourth-order valence-electron chi connectivity index (χ4n) is 2.39. The lowest BCUT2D eigenvalue weighted by atomic mass is 10.0. The molecule has 0 bridgehead atoms. The molecule has 0 radical (unpaired) electrons. The van der Waals surface area contributed by atoms with Crippen molar-refractivity contribution in [1.29, 1.82) is 0 Å². The number of hydrogen-bond donors (Lipinski definition) is 3. The predicted octanol–water partition coefficient (Wildman–Crippen LogP) is 2.82. The van der Waals surface area contributed by atoms with Gasteiger partial charge >= 0.3 is 0 Å². The Labute approximate surface area is 121 Å². The maximum atomic E-state index is 13.5. The van der Waals surface area contributed by atoms with Gasteiger partial charge < -0.3 is 15.7 Å². The summed E-state index contributed by atoms with van der Waals surface area (Å²) in [6.07, 6.45) is 0.488. The van der Waals surface area contributed by atoms with Crippen molar-refractivity contribution >= 4 is 17.3 Å². The SMILES string of the molecule is Cc1cc2c(cc1F)NC(=O)C(Cc1ccc(O)cc1)N2. The van der Waals surface area contributed by atoms with Crippen LogP contribution in [-0.4, -0.2) is 17.1 Å². The van der Waals surface area contributed by atoms with Crippen LogP contribution in [0.15, 0.2) is 36.4 Å². The number of benzene rings is 2. The highest BCUT2D eigenvalue weighted by Gasteiger charge is 2.26. The molecule has 2 aromatic carbocycles. The van der Waals surface area contributed by atoms with E-state index in [0.29, 0.717) is 17.7 Å². The van der Waals surface area contributed by atoms with Crippen molar-refractivity contribution in [3.63, 3.8) is 0 Å². The molecule has 4 nitrogen and oxygen atoms in total. The lowest BCUT2D eigenvalue weighted by Gasteiger charge is -2.27. The van der Waals surface area contributed by atoms with Crippen molar-refractivity contribution in [3.05, 3.63) is 53.3 Å². The molecule has 1 heterocycles. The molecule has 1 unspecified atom stereocenters. The molecule has 108 valence electrons. The molecule has 0 saturated carbocycles. The third-order valence-electron chi connectivity index (χ3n) is 3.58. The van der Waals surface area contributed by atoms with Crippen LogP contribution < -0.4 is 10.6 Å². The Morgan fingerprint density at radius 3 is 2.62 bits per heavy atom. The summed E-state index contributed by atoms with van der Waals surface area (Å²) in [4.78, 5) is 12.1. The van der Waals surface area contributed by atoms with E-state index in [-0.39, 0.29) is 17.5 Å². The molecule has 1 aliphatic rings. The Morgan fingerprint density at radius 2 is 1.90 bits per heavy atom. The van der Waals surface area contributed by atoms with E-state index in [4.69, 9.17) is 0 Å². The van der Waals surface area contributed by atoms with Crippen LogP contribution in [0, 0.1) is 12.7 Å². The molecule has 1 atom stereocenters. The third kappa shape index (κ3) is 2.67. The van der Waals surface area contributed by atoms with Crippen LogP contribution >= 0.6 is 0 Å². The molecule has 21 heavy (non-hydrogen) atoms. The maximum absolute atomic E-state index is 13.5. The summed E-state index contributed by atoms with van der Waals surface area (Å²) in [6.45, 7) is 1.68. The van der Waals surface area contributed by atoms with Gasteiger partial charge in [-0.1, -0.05) is 12.1 Å². The second kappa shape index (κ2) is 5.09. The standard InChI is InChI=1S/C16H15FN2O2/c1-9-6-13-14(8-12(9)17)19-16(21)15(18-13)7-10-2-4-11(20)5-3-10/h2-6,8,15,18,20H,7H2,1H3,(H,19,21). The van der Waals surface area contributed by atoms with E-state index >= 15 is 0 Å². The van der Waals surface area contributed by atoms with Crippen molar-refractivity contribution in [3.8, 4) is 5.75 Å². The van der Waals surface area contributed by atoms with E-state index in [1.54, 1.807) is 37.3 Å². The number of amides is 1. The maximum Gasteiger partial charge on any atom is 0.247 e. The van der Waals surface area contributed by atoms with E-state index < -0.39 is 6.04 Å². The molecule has 0 aromatic heterocycles. The van der Waals surface area contributed by atoms with Crippen LogP contribution in [0.4, 0.5) is 15.8 Å². The van der Waals surface area contributed by atoms with Crippen LogP contribution in [-0.2, 0) is 11.2 Å². The molecular weight excluding hydrogens is 271 g/mol. The number of anilines is 2. The first-order valence-electron chi connectivity index (χ1n) is 6.68. The average molecular weight is 286 g/mol. The largest absolute Gasteiger partial charge is 0.508 e. The molecular formula is C16H15FN2O2. The molecule has 0 saturated heterocycles. The van der Waals surface area contributed by atoms with Crippen molar-refractivity contribution in [2.45, 2.75) is 19.4 Å². The molecule has 1 aliphatic heterocycles. The highest BCUT2D eigenvalue weighted by atomic mass is 19.1. The summed E-state index contributed by atoms with van der Waals surface area (Å²) in [5, 5.41) is 15.1. The number of carbonyl (C=O) groups excluding carboxylic acids is 1. The molecule has 3 N–H and O–H groups in total. The van der Waals surface area contributed by atoms with Gasteiger partial charge in [-0.25, -0.2) is 4.39 Å². The van der Waals surface area contributed by atoms with Gasteiger partial charge in [0.2, 0.25) is 5.91 Å². The van der Waals surface area contributed by atoms with Gasteiger partial charge in [-0.3, -0.25) is 4.79 Å². The zero-order chi connectivity index (χ0) is 15.0. The van der Waals surface area contributed by atoms with Crippen LogP contribution in [0.1, 0.15) is 11.1 Å². The minimum Gasteiger partial charge on any atom is -0.508 e. The smallest absolute Gasteiger partial charge is 0.247 e. The van der Waals surface area contributed by atoms with Crippen LogP contribution in [0.5, 0.6) is 5.75 Å². The summed E-state index contributed by atoms with van der Waals surface area (Å²) >= 11 is 0. The first kappa shape index (κ1) is 13.4. The number of carbonyl (C=O) groups is 1. The molecule has 5 heteroatoms. The molecule has 0 fully saturated rings. The van der Waals surface area contributed by atoms with E-state index in [1.165, 1.54) is 6.07 Å². The van der Waals surface area contributed by atoms with Crippen LogP contribution in [0.3, 0.4) is 0 Å². The summed E-state index contributed by atoms with van der Waals surface area (Å²) in [5.74, 6) is -0.345. The monoisotopic (exact) mass is 286 g/mol. The number of halogens is 1. The van der Waals surface area contributed by atoms with E-state index in [0.717, 1.165) is 11.3 Å². The van der Waals surface area contributed by atoms with Gasteiger partial charge in [0.05, 0.1) is 11.4 Å². The minimum atomic E-state index is -0.424. The molecule has 0 aliphatic carbocycles. The average Bonchev–Trinajstić information content (AvgIpc) is 2.44. The van der Waals surface area contributed by atoms with Crippen molar-refractivity contribution in [2.24, 2.45) is 0 Å². The van der Waals surface area contributed by atoms with E-state index in [2.05, 4.69) is 10.6 Å². The Balaban J connectivity index is 1.83. The number of aryl methyl sites for hydroxylation is 1. The van der Waals surface area contributed by atoms with Gasteiger partial charge in [-0.05, 0) is 42.3 Å². The zero-order valence-corrected chi connectivity index (χ0v) is 11.5. The number of hydrogen-bond acceptors (Lipinski definition) is 3. The van der Waals surface area contributed by atoms with Gasteiger partial charge in [0, 0.05) is 6.42 Å². The highest BCUT2D eigenvalue weighted by molar-refractivity contribution is 6.03. The number of nitrogens with one attached hydrogen (secondary N) is 2. The zero-order valence-electron chi connectivity index (χ0n) is 11.5. The van der Waals surface area contributed by atoms with Crippen LogP contribution in [0.2, 0.25) is 0 Å². The van der Waals surface area contributed by atoms with Gasteiger partial charge in [0.15, 0.2) is 0 Å². The topological polar surface area (TPSA) is 61.4 Å². The predicted molar refractivity (Wildman–Crippen MR) is 79.0 cm³/mol. The summed E-state index contributed by atoms with van der Waals surface area (Å²) < 4.78 is 13.5. The minimum absolute atomic E-state index is 0.191. The number of rotatable bonds is 2. The summed E-state index contributed by atoms with van der Waals surface area (Å²) in [6, 6.07) is 9.31. The van der Waals surface area contributed by atoms with Gasteiger partial charge in [0.1, 0.15) is 17.6 Å². The lowest BCUT2D eigenvalue weighted by molar-refractivity contribution is -0.117. The van der Waals surface area contributed by atoms with Gasteiger partial charge in [-0.15, -0.1) is 0 Å². The Kier molecular flexibility index (Phi) is 3.25.